The summed E-state index contributed by atoms with van der Waals surface area (Å²) in [5, 5.41) is 19.1. The van der Waals surface area contributed by atoms with Crippen LogP contribution in [0.2, 0.25) is 0 Å². The Kier molecular flexibility index (Phi) is 18.8. The molecule has 2 N–H and O–H groups in total. The van der Waals surface area contributed by atoms with Gasteiger partial charge in [-0.15, -0.1) is 0 Å². The molecule has 2 atom stereocenters. The molecule has 0 spiro atoms. The van der Waals surface area contributed by atoms with Gasteiger partial charge >= 0.3 is 0 Å². The highest BCUT2D eigenvalue weighted by atomic mass is 16.3. The van der Waals surface area contributed by atoms with E-state index in [9.17, 15) is 10.2 Å². The van der Waals surface area contributed by atoms with E-state index in [0.717, 1.165) is 11.0 Å². The number of hydrogen-bond donors (Lipinski definition) is 2. The van der Waals surface area contributed by atoms with Crippen molar-refractivity contribution >= 4 is 0 Å². The first-order chi connectivity index (χ1) is 13.5. The average Bonchev–Trinajstić information content (AvgIpc) is 2.71. The van der Waals surface area contributed by atoms with Gasteiger partial charge < -0.3 is 14.7 Å². The molecule has 0 saturated carbocycles. The minimum absolute atomic E-state index is 0.193. The molecule has 170 valence electrons. The monoisotopic (exact) mass is 400 g/mol. The van der Waals surface area contributed by atoms with E-state index in [2.05, 4.69) is 27.8 Å². The lowest BCUT2D eigenvalue weighted by atomic mass is 10.0. The fourth-order valence-electron chi connectivity index (χ4n) is 4.25. The van der Waals surface area contributed by atoms with Gasteiger partial charge in [0.1, 0.15) is 12.1 Å². The molecule has 28 heavy (non-hydrogen) atoms. The van der Waals surface area contributed by atoms with Crippen LogP contribution < -0.4 is 0 Å². The van der Waals surface area contributed by atoms with Gasteiger partial charge in [-0.05, 0) is 26.7 Å². The number of unbranched alkanes of at least 4 members (excludes halogenated alkanes) is 15. The second-order valence-corrected chi connectivity index (χ2v) is 9.44. The van der Waals surface area contributed by atoms with E-state index in [-0.39, 0.29) is 25.3 Å². The van der Waals surface area contributed by atoms with Gasteiger partial charge in [-0.1, -0.05) is 96.8 Å². The molecule has 0 radical (unpaired) electrons. The van der Waals surface area contributed by atoms with Crippen LogP contribution in [0.3, 0.4) is 0 Å². The zero-order chi connectivity index (χ0) is 21.1. The van der Waals surface area contributed by atoms with Crippen LogP contribution in [0.1, 0.15) is 124 Å². The molecule has 0 aliphatic heterocycles. The normalized spacial score (nSPS) is 16.1. The number of aliphatic hydroxyl groups excluding tert-OH is 2. The highest BCUT2D eigenvalue weighted by Crippen LogP contribution is 2.19. The summed E-state index contributed by atoms with van der Waals surface area (Å²) in [5.41, 5.74) is 0. The van der Waals surface area contributed by atoms with Gasteiger partial charge in [-0.25, -0.2) is 0 Å². The van der Waals surface area contributed by atoms with Crippen LogP contribution in [0.4, 0.5) is 0 Å². The lowest BCUT2D eigenvalue weighted by Gasteiger charge is -2.44. The molecule has 2 unspecified atom stereocenters. The number of likely N-dealkylation sites (N-methyl/N-ethyl adjacent to an activating group) is 1. The van der Waals surface area contributed by atoms with Crippen molar-refractivity contribution in [3.05, 3.63) is 0 Å². The smallest absolute Gasteiger partial charge is 0.110 e. The molecule has 0 aromatic rings. The summed E-state index contributed by atoms with van der Waals surface area (Å²) in [6, 6.07) is 0.386. The predicted molar refractivity (Wildman–Crippen MR) is 124 cm³/mol. The van der Waals surface area contributed by atoms with Crippen molar-refractivity contribution in [1.82, 2.24) is 0 Å². The van der Waals surface area contributed by atoms with Crippen molar-refractivity contribution < 1.29 is 14.7 Å². The minimum Gasteiger partial charge on any atom is -0.390 e. The highest BCUT2D eigenvalue weighted by Gasteiger charge is 2.33. The van der Waals surface area contributed by atoms with Gasteiger partial charge in [-0.3, -0.25) is 0 Å². The molecule has 3 nitrogen and oxygen atoms in total. The molecule has 0 bridgehead atoms. The molecule has 0 heterocycles. The van der Waals surface area contributed by atoms with Gasteiger partial charge in [0.25, 0.3) is 0 Å². The molecule has 3 heteroatoms. The van der Waals surface area contributed by atoms with E-state index in [4.69, 9.17) is 0 Å². The van der Waals surface area contributed by atoms with Gasteiger partial charge in [0.15, 0.2) is 0 Å². The molecular weight excluding hydrogens is 346 g/mol. The Labute approximate surface area is 177 Å². The summed E-state index contributed by atoms with van der Waals surface area (Å²) in [5.74, 6) is 0. The molecule has 0 rings (SSSR count). The summed E-state index contributed by atoms with van der Waals surface area (Å²) in [4.78, 5) is 0. The number of hydrogen-bond acceptors (Lipinski definition) is 2. The standard InChI is InChI=1S/C25H54NO2/c1-5-6-7-8-9-10-11-12-13-14-15-16-17-18-19-20-21-26(4,24(2)22-27)25(3)23-28/h24-25,27-28H,5-23H2,1-4H3/q+1. The lowest BCUT2D eigenvalue weighted by Crippen LogP contribution is -2.59. The maximum Gasteiger partial charge on any atom is 0.110 e. The largest absolute Gasteiger partial charge is 0.390 e. The Morgan fingerprint density at radius 2 is 0.821 bits per heavy atom. The molecular formula is C25H54NO2+. The third-order valence-corrected chi connectivity index (χ3v) is 7.04. The van der Waals surface area contributed by atoms with E-state index in [0.29, 0.717) is 0 Å². The van der Waals surface area contributed by atoms with Gasteiger partial charge in [0, 0.05) is 0 Å². The Morgan fingerprint density at radius 1 is 0.536 bits per heavy atom. The number of rotatable bonds is 21. The highest BCUT2D eigenvalue weighted by molar-refractivity contribution is 4.58. The lowest BCUT2D eigenvalue weighted by molar-refractivity contribution is -0.953. The van der Waals surface area contributed by atoms with Crippen LogP contribution in [0, 0.1) is 0 Å². The van der Waals surface area contributed by atoms with E-state index >= 15 is 0 Å². The fraction of sp³-hybridized carbons (Fsp3) is 1.00. The van der Waals surface area contributed by atoms with Crippen molar-refractivity contribution in [3.8, 4) is 0 Å². The molecule has 0 aliphatic carbocycles. The molecule has 0 aromatic heterocycles. The van der Waals surface area contributed by atoms with Gasteiger partial charge in [-0.2, -0.15) is 0 Å². The predicted octanol–water partition coefficient (Wildman–Crippen LogP) is 6.46. The minimum atomic E-state index is 0.193. The Morgan fingerprint density at radius 3 is 1.11 bits per heavy atom. The topological polar surface area (TPSA) is 40.5 Å². The van der Waals surface area contributed by atoms with Crippen molar-refractivity contribution in [1.29, 1.82) is 0 Å². The molecule has 0 amide bonds. The summed E-state index contributed by atoms with van der Waals surface area (Å²) < 4.78 is 0.783. The van der Waals surface area contributed by atoms with Crippen molar-refractivity contribution in [2.75, 3.05) is 26.8 Å². The number of quaternary nitrogens is 1. The zero-order valence-electron chi connectivity index (χ0n) is 19.9. The fourth-order valence-corrected chi connectivity index (χ4v) is 4.25. The van der Waals surface area contributed by atoms with Crippen LogP contribution in [0.5, 0.6) is 0 Å². The van der Waals surface area contributed by atoms with Crippen LogP contribution in [0.25, 0.3) is 0 Å². The summed E-state index contributed by atoms with van der Waals surface area (Å²) in [6.45, 7) is 7.92. The zero-order valence-corrected chi connectivity index (χ0v) is 19.9. The maximum atomic E-state index is 9.55. The second kappa shape index (κ2) is 18.9. The third-order valence-electron chi connectivity index (χ3n) is 7.04. The van der Waals surface area contributed by atoms with Crippen molar-refractivity contribution in [2.24, 2.45) is 0 Å². The average molecular weight is 401 g/mol. The summed E-state index contributed by atoms with van der Waals surface area (Å²) in [7, 11) is 2.19. The van der Waals surface area contributed by atoms with Crippen molar-refractivity contribution in [3.63, 3.8) is 0 Å². The van der Waals surface area contributed by atoms with Crippen LogP contribution in [0.15, 0.2) is 0 Å². The third kappa shape index (κ3) is 13.2. The van der Waals surface area contributed by atoms with E-state index < -0.39 is 0 Å². The number of aliphatic hydroxyl groups is 2. The van der Waals surface area contributed by atoms with Crippen LogP contribution >= 0.6 is 0 Å². The molecule has 0 saturated heterocycles. The Bertz CT molecular complexity index is 312. The summed E-state index contributed by atoms with van der Waals surface area (Å²) >= 11 is 0. The first kappa shape index (κ1) is 27.9. The van der Waals surface area contributed by atoms with E-state index in [1.165, 1.54) is 103 Å². The first-order valence-electron chi connectivity index (χ1n) is 12.6. The van der Waals surface area contributed by atoms with Crippen molar-refractivity contribution in [2.45, 2.75) is 136 Å². The molecule has 0 fully saturated rings. The first-order valence-corrected chi connectivity index (χ1v) is 12.6. The molecule has 0 aliphatic rings. The van der Waals surface area contributed by atoms with Gasteiger partial charge in [0.05, 0.1) is 26.8 Å². The van der Waals surface area contributed by atoms with Crippen LogP contribution in [-0.4, -0.2) is 53.6 Å². The Balaban J connectivity index is 3.49. The maximum absolute atomic E-state index is 9.55. The summed E-state index contributed by atoms with van der Waals surface area (Å²) in [6.07, 6.45) is 22.3. The van der Waals surface area contributed by atoms with E-state index in [1.807, 2.05) is 0 Å². The number of nitrogens with zero attached hydrogens (tertiary/aromatic N) is 1. The molecule has 0 aromatic carbocycles. The van der Waals surface area contributed by atoms with Crippen LogP contribution in [-0.2, 0) is 0 Å². The van der Waals surface area contributed by atoms with Gasteiger partial charge in [0.2, 0.25) is 0 Å². The second-order valence-electron chi connectivity index (χ2n) is 9.44. The quantitative estimate of drug-likeness (QED) is 0.171. The Hall–Kier alpha value is -0.120. The van der Waals surface area contributed by atoms with E-state index in [1.54, 1.807) is 0 Å². The SMILES string of the molecule is CCCCCCCCCCCCCCCCCC[N+](C)(C(C)CO)C(C)CO.